The van der Waals surface area contributed by atoms with Gasteiger partial charge in [-0.2, -0.15) is 0 Å². The molecule has 7 heteroatoms. The molecule has 0 saturated heterocycles. The Morgan fingerprint density at radius 2 is 1.73 bits per heavy atom. The molecule has 4 rings (SSSR count). The molecule has 3 aromatic rings. The highest BCUT2D eigenvalue weighted by atomic mass is 35.5. The highest BCUT2D eigenvalue weighted by molar-refractivity contribution is 6.12. The Bertz CT molecular complexity index is 1050. The van der Waals surface area contributed by atoms with Gasteiger partial charge < -0.3 is 19.4 Å². The van der Waals surface area contributed by atoms with Crippen LogP contribution in [0.5, 0.6) is 11.5 Å². The fourth-order valence-electron chi connectivity index (χ4n) is 2.92. The van der Waals surface area contributed by atoms with Crippen LogP contribution in [0, 0.1) is 0 Å². The Hall–Kier alpha value is -2.99. The van der Waals surface area contributed by atoms with Crippen LogP contribution < -0.4 is 20.3 Å². The number of anilines is 1. The average Bonchev–Trinajstić information content (AvgIpc) is 2.64. The molecule has 2 aromatic carbocycles. The van der Waals surface area contributed by atoms with Crippen molar-refractivity contribution < 1.29 is 14.3 Å². The van der Waals surface area contributed by atoms with Crippen molar-refractivity contribution in [3.63, 3.8) is 0 Å². The second-order valence-corrected chi connectivity index (χ2v) is 5.82. The van der Waals surface area contributed by atoms with Crippen molar-refractivity contribution in [2.75, 3.05) is 18.5 Å². The third kappa shape index (κ3) is 3.11. The van der Waals surface area contributed by atoms with Gasteiger partial charge in [0.1, 0.15) is 13.2 Å². The molecule has 2 heterocycles. The van der Waals surface area contributed by atoms with Gasteiger partial charge in [0.15, 0.2) is 11.5 Å². The zero-order valence-corrected chi connectivity index (χ0v) is 14.8. The highest BCUT2D eigenvalue weighted by Crippen LogP contribution is 2.32. The second kappa shape index (κ2) is 7.09. The fraction of sp³-hybridized carbons (Fsp3) is 0.158. The Kier molecular flexibility index (Phi) is 4.86. The van der Waals surface area contributed by atoms with E-state index in [1.807, 2.05) is 6.07 Å². The fourth-order valence-corrected chi connectivity index (χ4v) is 2.92. The summed E-state index contributed by atoms with van der Waals surface area (Å²) in [5.41, 5.74) is 0.909. The summed E-state index contributed by atoms with van der Waals surface area (Å²) >= 11 is 0. The average molecular weight is 373 g/mol. The van der Waals surface area contributed by atoms with Crippen LogP contribution in [-0.2, 0) is 7.05 Å². The largest absolute Gasteiger partial charge is 0.486 e. The third-order valence-corrected chi connectivity index (χ3v) is 4.14. The highest BCUT2D eigenvalue weighted by Gasteiger charge is 2.16. The molecule has 0 bridgehead atoms. The molecule has 0 unspecified atom stereocenters. The maximum atomic E-state index is 12.8. The molecule has 1 amide bonds. The number of fused-ring (bicyclic) bond motifs is 2. The van der Waals surface area contributed by atoms with Crippen molar-refractivity contribution in [1.82, 2.24) is 4.57 Å². The number of halogens is 1. The standard InChI is InChI=1S/C19H16N2O4.ClH/c1-21-11-15(13-4-2-3-5-14(13)19(21)23)18(22)20-12-6-7-16-17(10-12)25-9-8-24-16;/h2-7,10-11H,8-9H2,1H3,(H,20,22);1H. The maximum Gasteiger partial charge on any atom is 0.258 e. The number of ether oxygens (including phenoxy) is 2. The minimum atomic E-state index is -0.288. The zero-order chi connectivity index (χ0) is 17.4. The number of rotatable bonds is 2. The predicted octanol–water partition coefficient (Wildman–Crippen LogP) is 2.98. The first kappa shape index (κ1) is 17.8. The summed E-state index contributed by atoms with van der Waals surface area (Å²) in [7, 11) is 1.63. The molecule has 1 N–H and O–H groups in total. The van der Waals surface area contributed by atoms with E-state index in [0.717, 1.165) is 0 Å². The van der Waals surface area contributed by atoms with Crippen molar-refractivity contribution in [1.29, 1.82) is 0 Å². The number of nitrogens with zero attached hydrogens (tertiary/aromatic N) is 1. The van der Waals surface area contributed by atoms with E-state index in [-0.39, 0.29) is 23.9 Å². The number of aromatic nitrogens is 1. The number of pyridine rings is 1. The smallest absolute Gasteiger partial charge is 0.258 e. The van der Waals surface area contributed by atoms with E-state index in [1.54, 1.807) is 49.6 Å². The second-order valence-electron chi connectivity index (χ2n) is 5.82. The molecule has 0 saturated carbocycles. The monoisotopic (exact) mass is 372 g/mol. The van der Waals surface area contributed by atoms with Gasteiger partial charge in [0.05, 0.1) is 5.56 Å². The van der Waals surface area contributed by atoms with Gasteiger partial charge in [0.2, 0.25) is 0 Å². The number of hydrogen-bond acceptors (Lipinski definition) is 4. The third-order valence-electron chi connectivity index (χ3n) is 4.14. The van der Waals surface area contributed by atoms with Gasteiger partial charge in [-0.05, 0) is 18.2 Å². The molecule has 0 atom stereocenters. The van der Waals surface area contributed by atoms with Crippen molar-refractivity contribution in [3.05, 3.63) is 64.6 Å². The number of carbonyl (C=O) groups is 1. The summed E-state index contributed by atoms with van der Waals surface area (Å²) in [4.78, 5) is 25.0. The van der Waals surface area contributed by atoms with E-state index in [9.17, 15) is 9.59 Å². The number of carbonyl (C=O) groups excluding carboxylic acids is 1. The van der Waals surface area contributed by atoms with E-state index in [4.69, 9.17) is 9.47 Å². The number of nitrogens with one attached hydrogen (secondary N) is 1. The minimum absolute atomic E-state index is 0. The molecule has 134 valence electrons. The molecule has 1 aliphatic heterocycles. The van der Waals surface area contributed by atoms with Gasteiger partial charge >= 0.3 is 0 Å². The molecule has 0 radical (unpaired) electrons. The normalized spacial score (nSPS) is 12.3. The van der Waals surface area contributed by atoms with Crippen LogP contribution in [-0.4, -0.2) is 23.7 Å². The molecule has 0 aliphatic carbocycles. The van der Waals surface area contributed by atoms with E-state index >= 15 is 0 Å². The topological polar surface area (TPSA) is 69.6 Å². The summed E-state index contributed by atoms with van der Waals surface area (Å²) in [6.07, 6.45) is 1.55. The number of hydrogen-bond donors (Lipinski definition) is 1. The molecular formula is C19H17ClN2O4. The maximum absolute atomic E-state index is 12.8. The van der Waals surface area contributed by atoms with E-state index in [2.05, 4.69) is 5.32 Å². The lowest BCUT2D eigenvalue weighted by molar-refractivity contribution is 0.102. The molecule has 1 aliphatic rings. The Morgan fingerprint density at radius 1 is 1.04 bits per heavy atom. The first-order valence-corrected chi connectivity index (χ1v) is 7.93. The lowest BCUT2D eigenvalue weighted by atomic mass is 10.1. The molecule has 26 heavy (non-hydrogen) atoms. The molecule has 0 fully saturated rings. The summed E-state index contributed by atoms with van der Waals surface area (Å²) in [6.45, 7) is 0.999. The first-order valence-electron chi connectivity index (χ1n) is 7.93. The summed E-state index contributed by atoms with van der Waals surface area (Å²) in [5, 5.41) is 4.00. The summed E-state index contributed by atoms with van der Waals surface area (Å²) < 4.78 is 12.4. The summed E-state index contributed by atoms with van der Waals surface area (Å²) in [5.74, 6) is 0.981. The van der Waals surface area contributed by atoms with Gasteiger partial charge in [0.25, 0.3) is 11.5 Å². The molecule has 0 spiro atoms. The predicted molar refractivity (Wildman–Crippen MR) is 102 cm³/mol. The SMILES string of the molecule is Cl.Cn1cc(C(=O)Nc2ccc3c(c2)OCCO3)c2ccccc2c1=O. The van der Waals surface area contributed by atoms with Gasteiger partial charge in [-0.25, -0.2) is 0 Å². The number of benzene rings is 2. The van der Waals surface area contributed by atoms with Crippen LogP contribution in [0.25, 0.3) is 10.8 Å². The van der Waals surface area contributed by atoms with Gasteiger partial charge in [-0.15, -0.1) is 12.4 Å². The molecule has 6 nitrogen and oxygen atoms in total. The molecule has 1 aromatic heterocycles. The van der Waals surface area contributed by atoms with Crippen LogP contribution in [0.1, 0.15) is 10.4 Å². The van der Waals surface area contributed by atoms with Crippen LogP contribution >= 0.6 is 12.4 Å². The van der Waals surface area contributed by atoms with E-state index in [0.29, 0.717) is 46.7 Å². The van der Waals surface area contributed by atoms with Crippen LogP contribution in [0.2, 0.25) is 0 Å². The summed E-state index contributed by atoms with van der Waals surface area (Å²) in [6, 6.07) is 12.3. The van der Waals surface area contributed by atoms with Gasteiger partial charge in [-0.1, -0.05) is 18.2 Å². The quantitative estimate of drug-likeness (QED) is 0.750. The van der Waals surface area contributed by atoms with Crippen molar-refractivity contribution in [2.24, 2.45) is 7.05 Å². The first-order chi connectivity index (χ1) is 12.1. The van der Waals surface area contributed by atoms with Crippen molar-refractivity contribution in [2.45, 2.75) is 0 Å². The number of amides is 1. The minimum Gasteiger partial charge on any atom is -0.486 e. The Balaban J connectivity index is 0.00000196. The van der Waals surface area contributed by atoms with Crippen molar-refractivity contribution >= 4 is 34.8 Å². The zero-order valence-electron chi connectivity index (χ0n) is 14.0. The van der Waals surface area contributed by atoms with Crippen molar-refractivity contribution in [3.8, 4) is 11.5 Å². The Labute approximate surface area is 155 Å². The number of aryl methyl sites for hydroxylation is 1. The van der Waals surface area contributed by atoms with Crippen LogP contribution in [0.4, 0.5) is 5.69 Å². The van der Waals surface area contributed by atoms with Gasteiger partial charge in [0, 0.05) is 35.8 Å². The van der Waals surface area contributed by atoms with E-state index < -0.39 is 0 Å². The van der Waals surface area contributed by atoms with E-state index in [1.165, 1.54) is 4.57 Å². The van der Waals surface area contributed by atoms with Gasteiger partial charge in [-0.3, -0.25) is 9.59 Å². The lowest BCUT2D eigenvalue weighted by Gasteiger charge is -2.19. The Morgan fingerprint density at radius 3 is 2.50 bits per heavy atom. The van der Waals surface area contributed by atoms with Crippen LogP contribution in [0.15, 0.2) is 53.5 Å². The lowest BCUT2D eigenvalue weighted by Crippen LogP contribution is -2.21. The molecular weight excluding hydrogens is 356 g/mol. The van der Waals surface area contributed by atoms with Crippen LogP contribution in [0.3, 0.4) is 0 Å².